The molecule has 0 unspecified atom stereocenters. The molecule has 2 nitrogen and oxygen atoms in total. The summed E-state index contributed by atoms with van der Waals surface area (Å²) >= 11 is 3.48. The highest BCUT2D eigenvalue weighted by Crippen LogP contribution is 2.17. The Balaban J connectivity index is 0.000000845. The zero-order chi connectivity index (χ0) is 8.72. The Labute approximate surface area is 91.5 Å². The van der Waals surface area contributed by atoms with Crippen molar-refractivity contribution in [1.29, 1.82) is 0 Å². The van der Waals surface area contributed by atoms with Gasteiger partial charge in [0.2, 0.25) is 0 Å². The molecule has 2 aromatic heterocycles. The van der Waals surface area contributed by atoms with Crippen LogP contribution in [0.4, 0.5) is 0 Å². The Morgan fingerprint density at radius 1 is 1.31 bits per heavy atom. The number of aromatic nitrogens is 2. The first-order valence-electron chi connectivity index (χ1n) is 3.78. The third-order valence-corrected chi connectivity index (χ3v) is 2.69. The summed E-state index contributed by atoms with van der Waals surface area (Å²) in [5, 5.41) is 0. The maximum Gasteiger partial charge on any atom is 0.137 e. The Hall–Kier alpha value is -0.540. The van der Waals surface area contributed by atoms with Crippen molar-refractivity contribution in [3.63, 3.8) is 0 Å². The van der Waals surface area contributed by atoms with Gasteiger partial charge in [-0.05, 0) is 41.4 Å². The molecule has 0 aliphatic carbocycles. The maximum atomic E-state index is 4.36. The molecule has 0 amide bonds. The van der Waals surface area contributed by atoms with Gasteiger partial charge in [0, 0.05) is 16.9 Å². The Morgan fingerprint density at radius 2 is 2.00 bits per heavy atom. The molecule has 2 rings (SSSR count). The van der Waals surface area contributed by atoms with E-state index in [1.807, 2.05) is 23.7 Å². The topological polar surface area (TPSA) is 17.3 Å². The van der Waals surface area contributed by atoms with Crippen LogP contribution in [0.3, 0.4) is 0 Å². The summed E-state index contributed by atoms with van der Waals surface area (Å²) in [4.78, 5) is 4.36. The van der Waals surface area contributed by atoms with Crippen LogP contribution in [-0.2, 0) is 0 Å². The SMILES string of the molecule is Cc1cn2cc(Br)c(C)cc2n1.Cl. The van der Waals surface area contributed by atoms with Gasteiger partial charge in [0.1, 0.15) is 5.65 Å². The van der Waals surface area contributed by atoms with E-state index in [2.05, 4.69) is 33.9 Å². The van der Waals surface area contributed by atoms with Crippen LogP contribution in [0, 0.1) is 13.8 Å². The Kier molecular flexibility index (Phi) is 2.98. The van der Waals surface area contributed by atoms with E-state index in [1.165, 1.54) is 5.56 Å². The van der Waals surface area contributed by atoms with E-state index >= 15 is 0 Å². The fourth-order valence-electron chi connectivity index (χ4n) is 1.23. The molecule has 0 atom stereocenters. The van der Waals surface area contributed by atoms with Crippen molar-refractivity contribution in [1.82, 2.24) is 9.38 Å². The smallest absolute Gasteiger partial charge is 0.137 e. The number of imidazole rings is 1. The molecule has 0 aliphatic heterocycles. The van der Waals surface area contributed by atoms with Gasteiger partial charge in [-0.25, -0.2) is 4.98 Å². The van der Waals surface area contributed by atoms with Gasteiger partial charge in [-0.15, -0.1) is 12.4 Å². The molecule has 0 aliphatic rings. The lowest BCUT2D eigenvalue weighted by molar-refractivity contribution is 1.15. The van der Waals surface area contributed by atoms with E-state index in [-0.39, 0.29) is 12.4 Å². The van der Waals surface area contributed by atoms with Crippen molar-refractivity contribution >= 4 is 34.0 Å². The van der Waals surface area contributed by atoms with Gasteiger partial charge in [-0.3, -0.25) is 0 Å². The van der Waals surface area contributed by atoms with Crippen LogP contribution < -0.4 is 0 Å². The van der Waals surface area contributed by atoms with Crippen LogP contribution in [0.25, 0.3) is 5.65 Å². The molecule has 0 bridgehead atoms. The van der Waals surface area contributed by atoms with E-state index in [0.717, 1.165) is 15.8 Å². The third kappa shape index (κ3) is 1.86. The lowest BCUT2D eigenvalue weighted by Gasteiger charge is -1.98. The van der Waals surface area contributed by atoms with Gasteiger partial charge in [0.15, 0.2) is 0 Å². The molecule has 0 fully saturated rings. The second-order valence-electron chi connectivity index (χ2n) is 2.95. The van der Waals surface area contributed by atoms with Crippen LogP contribution in [0.15, 0.2) is 22.9 Å². The molecule has 0 radical (unpaired) electrons. The predicted molar refractivity (Wildman–Crippen MR) is 59.6 cm³/mol. The molecule has 0 spiro atoms. The first kappa shape index (κ1) is 10.5. The summed E-state index contributed by atoms with van der Waals surface area (Å²) in [7, 11) is 0. The fourth-order valence-corrected chi connectivity index (χ4v) is 1.57. The minimum atomic E-state index is 0. The Morgan fingerprint density at radius 3 is 2.69 bits per heavy atom. The molecular weight excluding hydrogens is 251 g/mol. The van der Waals surface area contributed by atoms with Crippen molar-refractivity contribution in [2.24, 2.45) is 0 Å². The van der Waals surface area contributed by atoms with Crippen LogP contribution in [0.1, 0.15) is 11.3 Å². The van der Waals surface area contributed by atoms with Crippen LogP contribution in [0.5, 0.6) is 0 Å². The standard InChI is InChI=1S/C9H9BrN2.ClH/c1-6-3-9-11-7(2)4-12(9)5-8(6)10;/h3-5H,1-2H3;1H. The van der Waals surface area contributed by atoms with Crippen molar-refractivity contribution in [2.75, 3.05) is 0 Å². The lowest BCUT2D eigenvalue weighted by Crippen LogP contribution is -1.85. The molecule has 0 saturated heterocycles. The molecular formula is C9H10BrClN2. The highest BCUT2D eigenvalue weighted by Gasteiger charge is 2.00. The first-order valence-corrected chi connectivity index (χ1v) is 4.57. The Bertz CT molecular complexity index is 397. The zero-order valence-corrected chi connectivity index (χ0v) is 9.82. The molecule has 2 heterocycles. The number of hydrogen-bond donors (Lipinski definition) is 0. The summed E-state index contributed by atoms with van der Waals surface area (Å²) in [6.07, 6.45) is 4.05. The molecule has 0 saturated carbocycles. The minimum absolute atomic E-state index is 0. The van der Waals surface area contributed by atoms with E-state index < -0.39 is 0 Å². The molecule has 2 aromatic rings. The van der Waals surface area contributed by atoms with Crippen molar-refractivity contribution in [2.45, 2.75) is 13.8 Å². The maximum absolute atomic E-state index is 4.36. The number of fused-ring (bicyclic) bond motifs is 1. The van der Waals surface area contributed by atoms with E-state index in [9.17, 15) is 0 Å². The zero-order valence-electron chi connectivity index (χ0n) is 7.41. The second-order valence-corrected chi connectivity index (χ2v) is 3.81. The van der Waals surface area contributed by atoms with Gasteiger partial charge < -0.3 is 4.40 Å². The van der Waals surface area contributed by atoms with Crippen LogP contribution in [0.2, 0.25) is 0 Å². The summed E-state index contributed by atoms with van der Waals surface area (Å²) in [5.41, 5.74) is 3.27. The highest BCUT2D eigenvalue weighted by atomic mass is 79.9. The average molecular weight is 262 g/mol. The van der Waals surface area contributed by atoms with Gasteiger partial charge >= 0.3 is 0 Å². The molecule has 70 valence electrons. The number of rotatable bonds is 0. The monoisotopic (exact) mass is 260 g/mol. The van der Waals surface area contributed by atoms with Gasteiger partial charge in [-0.2, -0.15) is 0 Å². The van der Waals surface area contributed by atoms with E-state index in [0.29, 0.717) is 0 Å². The summed E-state index contributed by atoms with van der Waals surface area (Å²) < 4.78 is 3.14. The molecule has 4 heteroatoms. The summed E-state index contributed by atoms with van der Waals surface area (Å²) in [6.45, 7) is 4.06. The van der Waals surface area contributed by atoms with Crippen LogP contribution in [-0.4, -0.2) is 9.38 Å². The molecule has 13 heavy (non-hydrogen) atoms. The largest absolute Gasteiger partial charge is 0.306 e. The van der Waals surface area contributed by atoms with Crippen molar-refractivity contribution in [3.8, 4) is 0 Å². The number of aryl methyl sites for hydroxylation is 2. The number of hydrogen-bond acceptors (Lipinski definition) is 1. The minimum Gasteiger partial charge on any atom is -0.306 e. The van der Waals surface area contributed by atoms with Gasteiger partial charge in [0.05, 0.1) is 5.69 Å². The summed E-state index contributed by atoms with van der Waals surface area (Å²) in [6, 6.07) is 2.07. The normalized spacial score (nSPS) is 10.1. The van der Waals surface area contributed by atoms with Gasteiger partial charge in [0.25, 0.3) is 0 Å². The lowest BCUT2D eigenvalue weighted by atomic mass is 10.3. The quantitative estimate of drug-likeness (QED) is 0.712. The number of nitrogens with zero attached hydrogens (tertiary/aromatic N) is 2. The predicted octanol–water partition coefficient (Wildman–Crippen LogP) is 3.14. The van der Waals surface area contributed by atoms with E-state index in [4.69, 9.17) is 0 Å². The van der Waals surface area contributed by atoms with Crippen LogP contribution >= 0.6 is 28.3 Å². The fraction of sp³-hybridized carbons (Fsp3) is 0.222. The second kappa shape index (κ2) is 3.68. The van der Waals surface area contributed by atoms with Crippen molar-refractivity contribution < 1.29 is 0 Å². The summed E-state index contributed by atoms with van der Waals surface area (Å²) in [5.74, 6) is 0. The van der Waals surface area contributed by atoms with E-state index in [1.54, 1.807) is 0 Å². The molecule has 0 N–H and O–H groups in total. The first-order chi connectivity index (χ1) is 5.66. The highest BCUT2D eigenvalue weighted by molar-refractivity contribution is 9.10. The van der Waals surface area contributed by atoms with Gasteiger partial charge in [-0.1, -0.05) is 0 Å². The average Bonchev–Trinajstić information content (AvgIpc) is 2.30. The number of halogens is 2. The third-order valence-electron chi connectivity index (χ3n) is 1.86. The number of pyridine rings is 1. The molecule has 0 aromatic carbocycles. The van der Waals surface area contributed by atoms with Crippen molar-refractivity contribution in [3.05, 3.63) is 34.2 Å².